The first kappa shape index (κ1) is 15.9. The molecule has 0 aliphatic heterocycles. The summed E-state index contributed by atoms with van der Waals surface area (Å²) in [6.07, 6.45) is 1.31. The first-order valence-corrected chi connectivity index (χ1v) is 7.53. The molecule has 0 unspecified atom stereocenters. The molecule has 0 saturated carbocycles. The number of aryl methyl sites for hydroxylation is 2. The van der Waals surface area contributed by atoms with Crippen LogP contribution in [-0.4, -0.2) is 24.6 Å². The molecule has 0 heterocycles. The van der Waals surface area contributed by atoms with E-state index in [1.54, 1.807) is 43.3 Å². The molecule has 120 valence electrons. The molecule has 0 radical (unpaired) electrons. The molecule has 2 aromatic carbocycles. The molecule has 0 fully saturated rings. The van der Waals surface area contributed by atoms with Crippen LogP contribution in [0.1, 0.15) is 47.8 Å². The van der Waals surface area contributed by atoms with Crippen LogP contribution in [0.4, 0.5) is 0 Å². The normalized spacial score (nSPS) is 13.4. The summed E-state index contributed by atoms with van der Waals surface area (Å²) in [4.78, 5) is 37.5. The van der Waals surface area contributed by atoms with Crippen LogP contribution in [-0.2, 0) is 4.74 Å². The topological polar surface area (TPSA) is 60.4 Å². The lowest BCUT2D eigenvalue weighted by molar-refractivity contribution is 0.0599. The summed E-state index contributed by atoms with van der Waals surface area (Å²) in [6.45, 7) is 3.63. The number of Topliss-reactive ketones (excluding diaryl/α,β-unsaturated/α-hetero) is 1. The first-order valence-electron chi connectivity index (χ1n) is 7.53. The SMILES string of the molecule is COC(=O)c1c(C)cccc1C1=CC(=O)c2cc(C)ccc2C1=O. The number of hydrogen-bond donors (Lipinski definition) is 0. The van der Waals surface area contributed by atoms with Gasteiger partial charge < -0.3 is 4.74 Å². The predicted molar refractivity (Wildman–Crippen MR) is 90.3 cm³/mol. The third kappa shape index (κ3) is 2.46. The highest BCUT2D eigenvalue weighted by Gasteiger charge is 2.29. The van der Waals surface area contributed by atoms with Crippen molar-refractivity contribution in [1.82, 2.24) is 0 Å². The fourth-order valence-electron chi connectivity index (χ4n) is 2.94. The molecular weight excluding hydrogens is 304 g/mol. The zero-order valence-electron chi connectivity index (χ0n) is 13.7. The van der Waals surface area contributed by atoms with Crippen molar-refractivity contribution in [3.63, 3.8) is 0 Å². The van der Waals surface area contributed by atoms with Crippen molar-refractivity contribution in [2.45, 2.75) is 13.8 Å². The van der Waals surface area contributed by atoms with Gasteiger partial charge in [0.15, 0.2) is 11.6 Å². The molecule has 4 nitrogen and oxygen atoms in total. The van der Waals surface area contributed by atoms with Crippen LogP contribution in [0.25, 0.3) is 5.57 Å². The number of rotatable bonds is 2. The standard InChI is InChI=1S/C20H16O4/c1-11-7-8-14-15(9-11)17(21)10-16(19(14)22)13-6-4-5-12(2)18(13)20(23)24-3/h4-10H,1-3H3. The Morgan fingerprint density at radius 2 is 1.71 bits per heavy atom. The maximum absolute atomic E-state index is 12.9. The molecule has 2 aromatic rings. The van der Waals surface area contributed by atoms with E-state index in [1.807, 2.05) is 6.92 Å². The largest absolute Gasteiger partial charge is 0.465 e. The number of hydrogen-bond acceptors (Lipinski definition) is 4. The van der Waals surface area contributed by atoms with Crippen molar-refractivity contribution in [2.24, 2.45) is 0 Å². The van der Waals surface area contributed by atoms with E-state index in [0.29, 0.717) is 27.8 Å². The minimum atomic E-state index is -0.529. The Balaban J connectivity index is 2.21. The van der Waals surface area contributed by atoms with Gasteiger partial charge in [-0.15, -0.1) is 0 Å². The van der Waals surface area contributed by atoms with Crippen LogP contribution in [0.15, 0.2) is 42.5 Å². The highest BCUT2D eigenvalue weighted by atomic mass is 16.5. The zero-order chi connectivity index (χ0) is 17.4. The van der Waals surface area contributed by atoms with E-state index in [1.165, 1.54) is 13.2 Å². The number of ether oxygens (including phenoxy) is 1. The summed E-state index contributed by atoms with van der Waals surface area (Å²) in [5.41, 5.74) is 3.32. The van der Waals surface area contributed by atoms with Gasteiger partial charge in [-0.2, -0.15) is 0 Å². The maximum atomic E-state index is 12.9. The van der Waals surface area contributed by atoms with Gasteiger partial charge in [0, 0.05) is 22.3 Å². The summed E-state index contributed by atoms with van der Waals surface area (Å²) in [5.74, 6) is -1.03. The summed E-state index contributed by atoms with van der Waals surface area (Å²) >= 11 is 0. The highest BCUT2D eigenvalue weighted by Crippen LogP contribution is 2.31. The van der Waals surface area contributed by atoms with Crippen LogP contribution in [0.2, 0.25) is 0 Å². The van der Waals surface area contributed by atoms with Gasteiger partial charge in [-0.25, -0.2) is 4.79 Å². The van der Waals surface area contributed by atoms with Crippen molar-refractivity contribution in [1.29, 1.82) is 0 Å². The molecule has 3 rings (SSSR count). The summed E-state index contributed by atoms with van der Waals surface area (Å²) in [7, 11) is 1.29. The summed E-state index contributed by atoms with van der Waals surface area (Å²) in [5, 5.41) is 0. The van der Waals surface area contributed by atoms with E-state index in [0.717, 1.165) is 5.56 Å². The van der Waals surface area contributed by atoms with E-state index in [-0.39, 0.29) is 17.1 Å². The Labute approximate surface area is 139 Å². The average Bonchev–Trinajstić information content (AvgIpc) is 2.57. The predicted octanol–water partition coefficient (Wildman–Crippen LogP) is 3.55. The molecule has 24 heavy (non-hydrogen) atoms. The fourth-order valence-corrected chi connectivity index (χ4v) is 2.94. The molecule has 0 spiro atoms. The highest BCUT2D eigenvalue weighted by molar-refractivity contribution is 6.39. The molecule has 4 heteroatoms. The lowest BCUT2D eigenvalue weighted by Crippen LogP contribution is -2.18. The van der Waals surface area contributed by atoms with Crippen molar-refractivity contribution >= 4 is 23.1 Å². The number of methoxy groups -OCH3 is 1. The maximum Gasteiger partial charge on any atom is 0.338 e. The van der Waals surface area contributed by atoms with E-state index in [4.69, 9.17) is 4.74 Å². The molecule has 0 bridgehead atoms. The van der Waals surface area contributed by atoms with Crippen LogP contribution in [0.3, 0.4) is 0 Å². The smallest absolute Gasteiger partial charge is 0.338 e. The lowest BCUT2D eigenvalue weighted by Gasteiger charge is -2.18. The summed E-state index contributed by atoms with van der Waals surface area (Å²) in [6, 6.07) is 10.3. The third-order valence-electron chi connectivity index (χ3n) is 4.16. The molecule has 0 amide bonds. The fraction of sp³-hybridized carbons (Fsp3) is 0.150. The third-order valence-corrected chi connectivity index (χ3v) is 4.16. The van der Waals surface area contributed by atoms with Crippen molar-refractivity contribution in [3.8, 4) is 0 Å². The first-order chi connectivity index (χ1) is 11.4. The van der Waals surface area contributed by atoms with Gasteiger partial charge in [-0.1, -0.05) is 35.9 Å². The van der Waals surface area contributed by atoms with Gasteiger partial charge in [-0.05, 0) is 31.6 Å². The second kappa shape index (κ2) is 5.89. The van der Waals surface area contributed by atoms with Crippen molar-refractivity contribution < 1.29 is 19.1 Å². The van der Waals surface area contributed by atoms with Crippen molar-refractivity contribution in [3.05, 3.63) is 75.9 Å². The van der Waals surface area contributed by atoms with Gasteiger partial charge in [0.25, 0.3) is 0 Å². The minimum absolute atomic E-state index is 0.223. The monoisotopic (exact) mass is 320 g/mol. The lowest BCUT2D eigenvalue weighted by atomic mass is 9.83. The number of ketones is 2. The molecule has 0 N–H and O–H groups in total. The Morgan fingerprint density at radius 1 is 0.958 bits per heavy atom. The minimum Gasteiger partial charge on any atom is -0.465 e. The number of esters is 1. The van der Waals surface area contributed by atoms with Gasteiger partial charge in [0.2, 0.25) is 0 Å². The number of carbonyl (C=O) groups excluding carboxylic acids is 3. The van der Waals surface area contributed by atoms with E-state index in [9.17, 15) is 14.4 Å². The van der Waals surface area contributed by atoms with Gasteiger partial charge >= 0.3 is 5.97 Å². The van der Waals surface area contributed by atoms with Crippen LogP contribution in [0, 0.1) is 13.8 Å². The Hall–Kier alpha value is -3.01. The van der Waals surface area contributed by atoms with E-state index < -0.39 is 5.97 Å². The number of benzene rings is 2. The quantitative estimate of drug-likeness (QED) is 0.794. The molecule has 1 aliphatic carbocycles. The number of allylic oxidation sites excluding steroid dienone is 2. The average molecular weight is 320 g/mol. The molecule has 0 atom stereocenters. The Bertz CT molecular complexity index is 919. The Kier molecular flexibility index (Phi) is 3.89. The van der Waals surface area contributed by atoms with Crippen LogP contribution >= 0.6 is 0 Å². The summed E-state index contributed by atoms with van der Waals surface area (Å²) < 4.78 is 4.83. The van der Waals surface area contributed by atoms with E-state index >= 15 is 0 Å². The van der Waals surface area contributed by atoms with Crippen LogP contribution < -0.4 is 0 Å². The molecular formula is C20H16O4. The second-order valence-corrected chi connectivity index (χ2v) is 5.79. The second-order valence-electron chi connectivity index (χ2n) is 5.79. The van der Waals surface area contributed by atoms with Crippen LogP contribution in [0.5, 0.6) is 0 Å². The van der Waals surface area contributed by atoms with Crippen molar-refractivity contribution in [2.75, 3.05) is 7.11 Å². The number of carbonyl (C=O) groups is 3. The van der Waals surface area contributed by atoms with Gasteiger partial charge in [0.05, 0.1) is 12.7 Å². The number of fused-ring (bicyclic) bond motifs is 1. The molecule has 0 aromatic heterocycles. The molecule has 1 aliphatic rings. The molecule has 0 saturated heterocycles. The van der Waals surface area contributed by atoms with Gasteiger partial charge in [0.1, 0.15) is 0 Å². The van der Waals surface area contributed by atoms with Gasteiger partial charge in [-0.3, -0.25) is 9.59 Å². The van der Waals surface area contributed by atoms with E-state index in [2.05, 4.69) is 0 Å². The zero-order valence-corrected chi connectivity index (χ0v) is 13.7. The Morgan fingerprint density at radius 3 is 2.42 bits per heavy atom.